The molecule has 126 valence electrons. The van der Waals surface area contributed by atoms with Gasteiger partial charge in [-0.25, -0.2) is 0 Å². The first-order chi connectivity index (χ1) is 9.47. The molecule has 2 aliphatic heterocycles. The van der Waals surface area contributed by atoms with Crippen LogP contribution in [0.3, 0.4) is 0 Å². The molecule has 21 heavy (non-hydrogen) atoms. The Morgan fingerprint density at radius 1 is 1.38 bits per heavy atom. The Bertz CT molecular complexity index is 287. The number of hydrogen-bond acceptors (Lipinski definition) is 4. The molecular formula is C16H34ClN3O. The number of rotatable bonds is 6. The van der Waals surface area contributed by atoms with Crippen molar-refractivity contribution < 1.29 is 5.11 Å². The van der Waals surface area contributed by atoms with Crippen molar-refractivity contribution in [2.45, 2.75) is 39.2 Å². The summed E-state index contributed by atoms with van der Waals surface area (Å²) in [7, 11) is 2.28. The lowest BCUT2D eigenvalue weighted by atomic mass is 9.88. The van der Waals surface area contributed by atoms with Crippen molar-refractivity contribution in [1.29, 1.82) is 0 Å². The van der Waals surface area contributed by atoms with Gasteiger partial charge in [0.15, 0.2) is 0 Å². The van der Waals surface area contributed by atoms with Crippen molar-refractivity contribution in [3.8, 4) is 0 Å². The van der Waals surface area contributed by atoms with Gasteiger partial charge in [0.05, 0.1) is 6.10 Å². The molecule has 2 atom stereocenters. The second-order valence-electron chi connectivity index (χ2n) is 7.53. The summed E-state index contributed by atoms with van der Waals surface area (Å²) in [6, 6.07) is 0. The van der Waals surface area contributed by atoms with E-state index in [4.69, 9.17) is 0 Å². The van der Waals surface area contributed by atoms with Gasteiger partial charge in [-0.3, -0.25) is 0 Å². The lowest BCUT2D eigenvalue weighted by Gasteiger charge is -2.36. The highest BCUT2D eigenvalue weighted by atomic mass is 35.5. The van der Waals surface area contributed by atoms with Crippen LogP contribution in [-0.2, 0) is 0 Å². The Hall–Kier alpha value is 0.130. The Morgan fingerprint density at radius 3 is 2.57 bits per heavy atom. The van der Waals surface area contributed by atoms with Crippen molar-refractivity contribution in [2.75, 3.05) is 52.9 Å². The number of aliphatic hydroxyl groups is 1. The molecule has 2 unspecified atom stereocenters. The van der Waals surface area contributed by atoms with Gasteiger partial charge in [-0.15, -0.1) is 12.4 Å². The number of likely N-dealkylation sites (tertiary alicyclic amines) is 1. The van der Waals surface area contributed by atoms with Gasteiger partial charge >= 0.3 is 0 Å². The average Bonchev–Trinajstić information content (AvgIpc) is 2.77. The van der Waals surface area contributed by atoms with Gasteiger partial charge in [-0.05, 0) is 64.2 Å². The Kier molecular flexibility index (Phi) is 7.93. The SMILES string of the molecule is CC(O)CN1CCC(CN(C)CC2(C)CCNC2)CC1.Cl. The van der Waals surface area contributed by atoms with Gasteiger partial charge in [-0.2, -0.15) is 0 Å². The summed E-state index contributed by atoms with van der Waals surface area (Å²) in [6.07, 6.45) is 3.69. The summed E-state index contributed by atoms with van der Waals surface area (Å²) in [5, 5.41) is 12.9. The van der Waals surface area contributed by atoms with Crippen molar-refractivity contribution >= 4 is 12.4 Å². The topological polar surface area (TPSA) is 38.7 Å². The maximum Gasteiger partial charge on any atom is 0.0639 e. The van der Waals surface area contributed by atoms with Crippen LogP contribution in [0.5, 0.6) is 0 Å². The molecule has 2 rings (SSSR count). The zero-order valence-electron chi connectivity index (χ0n) is 14.0. The fraction of sp³-hybridized carbons (Fsp3) is 1.00. The van der Waals surface area contributed by atoms with E-state index in [9.17, 15) is 5.11 Å². The minimum Gasteiger partial charge on any atom is -0.392 e. The number of nitrogens with one attached hydrogen (secondary N) is 1. The molecule has 0 saturated carbocycles. The summed E-state index contributed by atoms with van der Waals surface area (Å²) in [4.78, 5) is 4.95. The molecule has 0 radical (unpaired) electrons. The molecule has 4 nitrogen and oxygen atoms in total. The molecule has 0 aromatic carbocycles. The van der Waals surface area contributed by atoms with Crippen LogP contribution in [0.2, 0.25) is 0 Å². The second kappa shape index (κ2) is 8.68. The average molecular weight is 320 g/mol. The van der Waals surface area contributed by atoms with Crippen molar-refractivity contribution in [2.24, 2.45) is 11.3 Å². The number of piperidine rings is 1. The van der Waals surface area contributed by atoms with Crippen molar-refractivity contribution in [3.63, 3.8) is 0 Å². The normalized spacial score (nSPS) is 29.6. The van der Waals surface area contributed by atoms with Gasteiger partial charge in [-0.1, -0.05) is 6.92 Å². The molecule has 5 heteroatoms. The number of nitrogens with zero attached hydrogens (tertiary/aromatic N) is 2. The third-order valence-electron chi connectivity index (χ3n) is 4.91. The van der Waals surface area contributed by atoms with Gasteiger partial charge in [0.1, 0.15) is 0 Å². The molecule has 0 aliphatic carbocycles. The predicted molar refractivity (Wildman–Crippen MR) is 91.2 cm³/mol. The maximum atomic E-state index is 9.45. The highest BCUT2D eigenvalue weighted by Crippen LogP contribution is 2.26. The largest absolute Gasteiger partial charge is 0.392 e. The Labute approximate surface area is 136 Å². The second-order valence-corrected chi connectivity index (χ2v) is 7.53. The fourth-order valence-electron chi connectivity index (χ4n) is 3.89. The molecule has 0 aromatic rings. The minimum absolute atomic E-state index is 0. The Balaban J connectivity index is 0.00000220. The molecule has 2 N–H and O–H groups in total. The van der Waals surface area contributed by atoms with Crippen LogP contribution in [-0.4, -0.2) is 73.9 Å². The fourth-order valence-corrected chi connectivity index (χ4v) is 3.89. The number of halogens is 1. The standard InChI is InChI=1S/C16H33N3O.ClH/c1-14(20)10-19-8-4-15(5-9-19)11-18(3)13-16(2)6-7-17-12-16;/h14-15,17,20H,4-13H2,1-3H3;1H. The molecule has 0 spiro atoms. The minimum atomic E-state index is -0.191. The van der Waals surface area contributed by atoms with Crippen LogP contribution in [0, 0.1) is 11.3 Å². The highest BCUT2D eigenvalue weighted by molar-refractivity contribution is 5.85. The Morgan fingerprint density at radius 2 is 2.05 bits per heavy atom. The van der Waals surface area contributed by atoms with Crippen LogP contribution < -0.4 is 5.32 Å². The van der Waals surface area contributed by atoms with E-state index in [0.29, 0.717) is 5.41 Å². The molecule has 0 amide bonds. The van der Waals surface area contributed by atoms with Crippen LogP contribution in [0.1, 0.15) is 33.1 Å². The zero-order chi connectivity index (χ0) is 14.6. The summed E-state index contributed by atoms with van der Waals surface area (Å²) < 4.78 is 0. The lowest BCUT2D eigenvalue weighted by molar-refractivity contribution is 0.0878. The van der Waals surface area contributed by atoms with Crippen LogP contribution >= 0.6 is 12.4 Å². The van der Waals surface area contributed by atoms with Crippen LogP contribution in [0.4, 0.5) is 0 Å². The summed E-state index contributed by atoms with van der Waals surface area (Å²) >= 11 is 0. The molecule has 2 aliphatic rings. The van der Waals surface area contributed by atoms with E-state index in [1.54, 1.807) is 0 Å². The molecule has 2 saturated heterocycles. The lowest BCUT2D eigenvalue weighted by Crippen LogP contribution is -2.42. The van der Waals surface area contributed by atoms with E-state index in [1.165, 1.54) is 45.4 Å². The predicted octanol–water partition coefficient (Wildman–Crippen LogP) is 1.43. The smallest absolute Gasteiger partial charge is 0.0639 e. The zero-order valence-corrected chi connectivity index (χ0v) is 14.8. The summed E-state index contributed by atoms with van der Waals surface area (Å²) in [6.45, 7) is 12.2. The molecule has 0 aromatic heterocycles. The molecule has 0 bridgehead atoms. The number of aliphatic hydroxyl groups excluding tert-OH is 1. The molecule has 2 fully saturated rings. The first kappa shape index (κ1) is 19.2. The first-order valence-corrected chi connectivity index (χ1v) is 8.26. The summed E-state index contributed by atoms with van der Waals surface area (Å²) in [5.41, 5.74) is 0.474. The molecule has 2 heterocycles. The van der Waals surface area contributed by atoms with E-state index in [0.717, 1.165) is 25.6 Å². The van der Waals surface area contributed by atoms with Crippen molar-refractivity contribution in [3.05, 3.63) is 0 Å². The third-order valence-corrected chi connectivity index (χ3v) is 4.91. The highest BCUT2D eigenvalue weighted by Gasteiger charge is 2.30. The van der Waals surface area contributed by atoms with E-state index < -0.39 is 0 Å². The van der Waals surface area contributed by atoms with E-state index >= 15 is 0 Å². The van der Waals surface area contributed by atoms with Crippen LogP contribution in [0.25, 0.3) is 0 Å². The van der Waals surface area contributed by atoms with Gasteiger partial charge in [0, 0.05) is 26.2 Å². The molecular weight excluding hydrogens is 286 g/mol. The number of hydrogen-bond donors (Lipinski definition) is 2. The van der Waals surface area contributed by atoms with E-state index in [2.05, 4.69) is 29.1 Å². The summed E-state index contributed by atoms with van der Waals surface area (Å²) in [5.74, 6) is 0.836. The van der Waals surface area contributed by atoms with Crippen molar-refractivity contribution in [1.82, 2.24) is 15.1 Å². The van der Waals surface area contributed by atoms with Gasteiger partial charge in [0.25, 0.3) is 0 Å². The first-order valence-electron chi connectivity index (χ1n) is 8.26. The monoisotopic (exact) mass is 319 g/mol. The van der Waals surface area contributed by atoms with Gasteiger partial charge in [0.2, 0.25) is 0 Å². The van der Waals surface area contributed by atoms with Gasteiger partial charge < -0.3 is 20.2 Å². The quantitative estimate of drug-likeness (QED) is 0.777. The number of β-amino-alcohol motifs (C(OH)–C–C–N with tert-alkyl or cyclic N) is 1. The van der Waals surface area contributed by atoms with Crippen LogP contribution in [0.15, 0.2) is 0 Å². The maximum absolute atomic E-state index is 9.45. The third kappa shape index (κ3) is 6.41. The van der Waals surface area contributed by atoms with E-state index in [1.807, 2.05) is 6.92 Å². The van der Waals surface area contributed by atoms with E-state index in [-0.39, 0.29) is 18.5 Å².